The van der Waals surface area contributed by atoms with Gasteiger partial charge in [0, 0.05) is 0 Å². The van der Waals surface area contributed by atoms with Crippen molar-refractivity contribution in [2.75, 3.05) is 0 Å². The number of rotatable bonds is 5. The first-order valence-electron chi connectivity index (χ1n) is 5.80. The molecule has 1 aromatic rings. The minimum absolute atomic E-state index is 0.0540. The van der Waals surface area contributed by atoms with Gasteiger partial charge in [0.15, 0.2) is 0 Å². The Morgan fingerprint density at radius 3 is 2.44 bits per heavy atom. The van der Waals surface area contributed by atoms with Crippen molar-refractivity contribution in [3.63, 3.8) is 0 Å². The molecule has 0 bridgehead atoms. The number of nitriles is 1. The molecule has 0 heterocycles. The Hall–Kier alpha value is -1.38. The molecule has 0 aliphatic heterocycles. The summed E-state index contributed by atoms with van der Waals surface area (Å²) in [5.74, 6) is -0.147. The third-order valence-corrected chi connectivity index (χ3v) is 4.02. The molecule has 0 aromatic heterocycles. The second-order valence-corrected chi connectivity index (χ2v) is 6.41. The van der Waals surface area contributed by atoms with Crippen LogP contribution >= 0.6 is 0 Å². The van der Waals surface area contributed by atoms with Gasteiger partial charge in [-0.2, -0.15) is 9.98 Å². The van der Waals surface area contributed by atoms with E-state index in [1.807, 2.05) is 45.0 Å². The van der Waals surface area contributed by atoms with Gasteiger partial charge in [-0.1, -0.05) is 38.1 Å². The maximum atomic E-state index is 12.0. The van der Waals surface area contributed by atoms with Crippen molar-refractivity contribution in [1.29, 1.82) is 5.26 Å². The van der Waals surface area contributed by atoms with Crippen LogP contribution in [-0.4, -0.2) is 14.5 Å². The maximum Gasteiger partial charge on any atom is 0.216 e. The van der Waals surface area contributed by atoms with Gasteiger partial charge in [-0.3, -0.25) is 0 Å². The summed E-state index contributed by atoms with van der Waals surface area (Å²) in [6, 6.07) is 8.61. The van der Waals surface area contributed by atoms with Crippen molar-refractivity contribution in [2.45, 2.75) is 32.6 Å². The van der Waals surface area contributed by atoms with Gasteiger partial charge in [-0.05, 0) is 24.0 Å². The lowest BCUT2D eigenvalue weighted by molar-refractivity contribution is 0.514. The van der Waals surface area contributed by atoms with E-state index in [1.54, 1.807) is 6.07 Å². The van der Waals surface area contributed by atoms with E-state index in [0.717, 1.165) is 11.1 Å². The molecular weight excluding hydrogens is 248 g/mol. The zero-order valence-corrected chi connectivity index (χ0v) is 11.7. The van der Waals surface area contributed by atoms with Crippen LogP contribution in [0.15, 0.2) is 24.3 Å². The van der Waals surface area contributed by atoms with Gasteiger partial charge in [0.1, 0.15) is 6.04 Å². The van der Waals surface area contributed by atoms with E-state index in [0.29, 0.717) is 0 Å². The Morgan fingerprint density at radius 2 is 1.94 bits per heavy atom. The highest BCUT2D eigenvalue weighted by Crippen LogP contribution is 2.12. The molecule has 0 saturated carbocycles. The second kappa shape index (κ2) is 5.98. The smallest absolute Gasteiger partial charge is 0.212 e. The molecule has 18 heavy (non-hydrogen) atoms. The molecule has 0 saturated heterocycles. The lowest BCUT2D eigenvalue weighted by atomic mass is 10.1. The van der Waals surface area contributed by atoms with Crippen molar-refractivity contribution in [3.05, 3.63) is 35.4 Å². The molecule has 1 N–H and O–H groups in total. The molecule has 1 rings (SSSR count). The highest BCUT2D eigenvalue weighted by atomic mass is 32.2. The first-order chi connectivity index (χ1) is 8.35. The minimum atomic E-state index is -3.49. The molecule has 0 amide bonds. The number of benzene rings is 1. The Kier molecular flexibility index (Phi) is 4.88. The lowest BCUT2D eigenvalue weighted by Gasteiger charge is -2.15. The highest BCUT2D eigenvalue weighted by Gasteiger charge is 2.21. The number of hydrogen-bond donors (Lipinski definition) is 1. The maximum absolute atomic E-state index is 12.0. The molecule has 0 fully saturated rings. The zero-order valence-electron chi connectivity index (χ0n) is 10.8. The normalized spacial score (nSPS) is 13.3. The number of sulfonamides is 1. The zero-order chi connectivity index (χ0) is 13.8. The largest absolute Gasteiger partial charge is 0.216 e. The lowest BCUT2D eigenvalue weighted by Crippen LogP contribution is -2.38. The van der Waals surface area contributed by atoms with Crippen LogP contribution < -0.4 is 4.72 Å². The molecule has 98 valence electrons. The van der Waals surface area contributed by atoms with E-state index in [9.17, 15) is 8.42 Å². The number of nitrogens with zero attached hydrogens (tertiary/aromatic N) is 1. The second-order valence-electron chi connectivity index (χ2n) is 4.65. The van der Waals surface area contributed by atoms with Crippen LogP contribution in [-0.2, 0) is 15.8 Å². The van der Waals surface area contributed by atoms with Crippen LogP contribution in [0.5, 0.6) is 0 Å². The van der Waals surface area contributed by atoms with E-state index >= 15 is 0 Å². The van der Waals surface area contributed by atoms with Gasteiger partial charge < -0.3 is 0 Å². The molecule has 0 spiro atoms. The third kappa shape index (κ3) is 4.13. The highest BCUT2D eigenvalue weighted by molar-refractivity contribution is 7.88. The van der Waals surface area contributed by atoms with Crippen LogP contribution in [0.3, 0.4) is 0 Å². The molecule has 1 atom stereocenters. The van der Waals surface area contributed by atoms with Crippen molar-refractivity contribution in [3.8, 4) is 6.07 Å². The topological polar surface area (TPSA) is 70.0 Å². The fourth-order valence-electron chi connectivity index (χ4n) is 1.52. The SMILES string of the molecule is Cc1ccccc1CS(=O)(=O)NC(C#N)C(C)C. The molecule has 1 aromatic carbocycles. The first-order valence-corrected chi connectivity index (χ1v) is 7.45. The Labute approximate surface area is 109 Å². The van der Waals surface area contributed by atoms with E-state index in [1.165, 1.54) is 0 Å². The van der Waals surface area contributed by atoms with E-state index in [4.69, 9.17) is 5.26 Å². The Balaban J connectivity index is 2.84. The van der Waals surface area contributed by atoms with Crippen LogP contribution in [0, 0.1) is 24.2 Å². The van der Waals surface area contributed by atoms with Crippen LogP contribution in [0.25, 0.3) is 0 Å². The van der Waals surface area contributed by atoms with Gasteiger partial charge in [-0.15, -0.1) is 0 Å². The van der Waals surface area contributed by atoms with Crippen molar-refractivity contribution in [1.82, 2.24) is 4.72 Å². The monoisotopic (exact) mass is 266 g/mol. The quantitative estimate of drug-likeness (QED) is 0.885. The molecule has 0 aliphatic rings. The van der Waals surface area contributed by atoms with Gasteiger partial charge in [0.2, 0.25) is 10.0 Å². The fraction of sp³-hybridized carbons (Fsp3) is 0.462. The summed E-state index contributed by atoms with van der Waals surface area (Å²) in [5, 5.41) is 8.90. The van der Waals surface area contributed by atoms with Crippen LogP contribution in [0.2, 0.25) is 0 Å². The molecule has 0 aliphatic carbocycles. The Morgan fingerprint density at radius 1 is 1.33 bits per heavy atom. The molecule has 0 radical (unpaired) electrons. The summed E-state index contributed by atoms with van der Waals surface area (Å²) in [4.78, 5) is 0. The summed E-state index contributed by atoms with van der Waals surface area (Å²) in [5.41, 5.74) is 1.69. The van der Waals surface area contributed by atoms with E-state index in [2.05, 4.69) is 4.72 Å². The Bertz CT molecular complexity index is 544. The first kappa shape index (κ1) is 14.7. The summed E-state index contributed by atoms with van der Waals surface area (Å²) in [7, 11) is -3.49. The molecule has 1 unspecified atom stereocenters. The fourth-order valence-corrected chi connectivity index (χ4v) is 3.05. The summed E-state index contributed by atoms with van der Waals surface area (Å²) < 4.78 is 26.4. The summed E-state index contributed by atoms with van der Waals surface area (Å²) in [6.07, 6.45) is 0. The van der Waals surface area contributed by atoms with E-state index in [-0.39, 0.29) is 11.7 Å². The predicted molar refractivity (Wildman–Crippen MR) is 71.2 cm³/mol. The molecular formula is C13H18N2O2S. The molecule has 5 heteroatoms. The predicted octanol–water partition coefficient (Wildman–Crippen LogP) is 1.96. The van der Waals surface area contributed by atoms with Crippen molar-refractivity contribution < 1.29 is 8.42 Å². The van der Waals surface area contributed by atoms with Crippen LogP contribution in [0.4, 0.5) is 0 Å². The average molecular weight is 266 g/mol. The average Bonchev–Trinajstić information content (AvgIpc) is 2.28. The van der Waals surface area contributed by atoms with Gasteiger partial charge >= 0.3 is 0 Å². The van der Waals surface area contributed by atoms with Gasteiger partial charge in [0.05, 0.1) is 11.8 Å². The molecule has 4 nitrogen and oxygen atoms in total. The van der Waals surface area contributed by atoms with Crippen molar-refractivity contribution >= 4 is 10.0 Å². The van der Waals surface area contributed by atoms with Crippen LogP contribution in [0.1, 0.15) is 25.0 Å². The third-order valence-electron chi connectivity index (χ3n) is 2.72. The summed E-state index contributed by atoms with van der Waals surface area (Å²) >= 11 is 0. The van der Waals surface area contributed by atoms with Crippen molar-refractivity contribution in [2.24, 2.45) is 5.92 Å². The minimum Gasteiger partial charge on any atom is -0.212 e. The standard InChI is InChI=1S/C13H18N2O2S/c1-10(2)13(8-14)15-18(16,17)9-12-7-5-4-6-11(12)3/h4-7,10,13,15H,9H2,1-3H3. The van der Waals surface area contributed by atoms with Gasteiger partial charge in [-0.25, -0.2) is 8.42 Å². The number of nitrogens with one attached hydrogen (secondary N) is 1. The number of aryl methyl sites for hydroxylation is 1. The number of hydrogen-bond acceptors (Lipinski definition) is 3. The summed E-state index contributed by atoms with van der Waals surface area (Å²) in [6.45, 7) is 5.49. The van der Waals surface area contributed by atoms with E-state index < -0.39 is 16.1 Å². The van der Waals surface area contributed by atoms with Gasteiger partial charge in [0.25, 0.3) is 0 Å².